The number of hydrogen-bond acceptors (Lipinski definition) is 4. The van der Waals surface area contributed by atoms with E-state index in [0.717, 1.165) is 41.5 Å². The van der Waals surface area contributed by atoms with E-state index in [-0.39, 0.29) is 11.8 Å². The Morgan fingerprint density at radius 1 is 1.14 bits per heavy atom. The summed E-state index contributed by atoms with van der Waals surface area (Å²) in [6, 6.07) is 15.4. The van der Waals surface area contributed by atoms with Crippen LogP contribution in [0.2, 0.25) is 0 Å². The summed E-state index contributed by atoms with van der Waals surface area (Å²) in [6.45, 7) is 2.51. The smallest absolute Gasteiger partial charge is 0.279 e. The molecule has 3 aromatic rings. The van der Waals surface area contributed by atoms with Crippen LogP contribution in [0.15, 0.2) is 64.6 Å². The van der Waals surface area contributed by atoms with Gasteiger partial charge in [-0.1, -0.05) is 6.07 Å². The maximum absolute atomic E-state index is 12.6. The number of amides is 2. The van der Waals surface area contributed by atoms with Gasteiger partial charge in [0.1, 0.15) is 13.1 Å². The highest BCUT2D eigenvalue weighted by Gasteiger charge is 2.22. The predicted octanol–water partition coefficient (Wildman–Crippen LogP) is 2.69. The number of carbonyl (C=O) groups is 2. The molecule has 0 saturated carbocycles. The summed E-state index contributed by atoms with van der Waals surface area (Å²) in [4.78, 5) is 28.7. The molecule has 1 aliphatic rings. The van der Waals surface area contributed by atoms with Gasteiger partial charge in [-0.05, 0) is 54.3 Å². The van der Waals surface area contributed by atoms with E-state index < -0.39 is 0 Å². The summed E-state index contributed by atoms with van der Waals surface area (Å²) in [7, 11) is 0. The topological polar surface area (TPSA) is 67.0 Å². The van der Waals surface area contributed by atoms with Gasteiger partial charge in [-0.3, -0.25) is 9.59 Å². The van der Waals surface area contributed by atoms with Crippen molar-refractivity contribution in [3.8, 4) is 0 Å². The quantitative estimate of drug-likeness (QED) is 0.600. The Balaban J connectivity index is 1.37. The minimum Gasteiger partial charge on any atom is -0.463 e. The minimum atomic E-state index is -0.0480. The molecular weight excluding hydrogens is 386 g/mol. The summed E-state index contributed by atoms with van der Waals surface area (Å²) in [5.74, 6) is 0.977. The maximum atomic E-state index is 12.6. The molecule has 6 nitrogen and oxygen atoms in total. The van der Waals surface area contributed by atoms with Crippen molar-refractivity contribution >= 4 is 34.5 Å². The van der Waals surface area contributed by atoms with Crippen LogP contribution in [0.4, 0.5) is 11.4 Å². The highest BCUT2D eigenvalue weighted by molar-refractivity contribution is 7.09. The molecule has 3 heterocycles. The van der Waals surface area contributed by atoms with Crippen LogP contribution in [0.25, 0.3) is 0 Å². The number of nitrogens with zero attached hydrogens (tertiary/aromatic N) is 1. The van der Waals surface area contributed by atoms with Crippen molar-refractivity contribution in [2.45, 2.75) is 25.9 Å². The van der Waals surface area contributed by atoms with Gasteiger partial charge in [0.05, 0.1) is 11.1 Å². The van der Waals surface area contributed by atoms with E-state index in [1.807, 2.05) is 47.8 Å². The lowest BCUT2D eigenvalue weighted by atomic mass is 10.2. The Kier molecular flexibility index (Phi) is 6.07. The van der Waals surface area contributed by atoms with Crippen molar-refractivity contribution in [3.05, 3.63) is 70.8 Å². The van der Waals surface area contributed by atoms with Crippen LogP contribution >= 0.6 is 11.3 Å². The van der Waals surface area contributed by atoms with Gasteiger partial charge >= 0.3 is 0 Å². The molecule has 4 rings (SSSR count). The fraction of sp³-hybridized carbons (Fsp3) is 0.273. The molecule has 0 bridgehead atoms. The van der Waals surface area contributed by atoms with Gasteiger partial charge in [-0.25, -0.2) is 0 Å². The Hall–Kier alpha value is -2.90. The van der Waals surface area contributed by atoms with Crippen LogP contribution in [-0.4, -0.2) is 24.9 Å². The van der Waals surface area contributed by atoms with Crippen LogP contribution in [0.1, 0.15) is 23.5 Å². The first-order chi connectivity index (χ1) is 14.2. The second kappa shape index (κ2) is 9.07. The van der Waals surface area contributed by atoms with Crippen LogP contribution in [0.3, 0.4) is 0 Å². The molecule has 1 saturated heterocycles. The van der Waals surface area contributed by atoms with Crippen molar-refractivity contribution in [3.63, 3.8) is 0 Å². The van der Waals surface area contributed by atoms with Gasteiger partial charge in [0.25, 0.3) is 5.91 Å². The summed E-state index contributed by atoms with van der Waals surface area (Å²) < 4.78 is 5.47. The van der Waals surface area contributed by atoms with E-state index in [4.69, 9.17) is 4.42 Å². The van der Waals surface area contributed by atoms with Crippen LogP contribution in [0.5, 0.6) is 0 Å². The Morgan fingerprint density at radius 3 is 2.66 bits per heavy atom. The first-order valence-electron chi connectivity index (χ1n) is 9.76. The van der Waals surface area contributed by atoms with E-state index >= 15 is 0 Å². The molecule has 0 aliphatic carbocycles. The van der Waals surface area contributed by atoms with Crippen LogP contribution < -0.4 is 15.1 Å². The maximum Gasteiger partial charge on any atom is 0.279 e. The van der Waals surface area contributed by atoms with Crippen LogP contribution in [-0.2, 0) is 22.7 Å². The molecule has 2 amide bonds. The standard InChI is InChI=1S/C22H23N3O3S/c26-21(23-17-7-9-18(10-8-17)25-11-1-6-22(25)27)16-24(14-19-4-2-12-28-19)15-20-5-3-13-29-20/h2-5,7-10,12-13H,1,6,11,14-16H2,(H,23,26)/p+1. The van der Waals surface area contributed by atoms with E-state index in [9.17, 15) is 9.59 Å². The number of hydrogen-bond donors (Lipinski definition) is 2. The second-order valence-corrected chi connectivity index (χ2v) is 8.22. The molecule has 1 atom stereocenters. The number of benzene rings is 1. The fourth-order valence-electron chi connectivity index (χ4n) is 3.58. The summed E-state index contributed by atoms with van der Waals surface area (Å²) >= 11 is 1.69. The third kappa shape index (κ3) is 5.13. The number of anilines is 2. The van der Waals surface area contributed by atoms with Gasteiger partial charge in [-0.15, -0.1) is 11.3 Å². The molecule has 29 heavy (non-hydrogen) atoms. The molecule has 1 fully saturated rings. The van der Waals surface area contributed by atoms with E-state index in [1.165, 1.54) is 4.88 Å². The number of quaternary nitrogens is 1. The molecule has 2 N–H and O–H groups in total. The van der Waals surface area contributed by atoms with Crippen molar-refractivity contribution in [2.75, 3.05) is 23.3 Å². The molecule has 0 spiro atoms. The van der Waals surface area contributed by atoms with E-state index in [0.29, 0.717) is 19.5 Å². The number of carbonyl (C=O) groups excluding carboxylic acids is 2. The Labute approximate surface area is 173 Å². The first kappa shape index (κ1) is 19.4. The average molecular weight is 411 g/mol. The molecule has 2 aromatic heterocycles. The molecule has 1 unspecified atom stereocenters. The second-order valence-electron chi connectivity index (χ2n) is 7.18. The Morgan fingerprint density at radius 2 is 2.00 bits per heavy atom. The van der Waals surface area contributed by atoms with Crippen molar-refractivity contribution < 1.29 is 18.9 Å². The van der Waals surface area contributed by atoms with Gasteiger partial charge in [-0.2, -0.15) is 0 Å². The molecule has 1 aromatic carbocycles. The normalized spacial score (nSPS) is 14.9. The number of thiophene rings is 1. The summed E-state index contributed by atoms with van der Waals surface area (Å²) in [5, 5.41) is 5.02. The van der Waals surface area contributed by atoms with Gasteiger partial charge in [0.2, 0.25) is 5.91 Å². The zero-order chi connectivity index (χ0) is 20.1. The molecular formula is C22H24N3O3S+. The molecule has 1 aliphatic heterocycles. The molecule has 0 radical (unpaired) electrons. The lowest BCUT2D eigenvalue weighted by Crippen LogP contribution is -3.10. The average Bonchev–Trinajstić information content (AvgIpc) is 3.46. The van der Waals surface area contributed by atoms with Crippen molar-refractivity contribution in [1.82, 2.24) is 0 Å². The monoisotopic (exact) mass is 410 g/mol. The lowest BCUT2D eigenvalue weighted by molar-refractivity contribution is -0.920. The highest BCUT2D eigenvalue weighted by atomic mass is 32.1. The predicted molar refractivity (Wildman–Crippen MR) is 113 cm³/mol. The number of furan rings is 1. The summed E-state index contributed by atoms with van der Waals surface area (Å²) in [6.07, 6.45) is 3.16. The largest absolute Gasteiger partial charge is 0.463 e. The van der Waals surface area contributed by atoms with E-state index in [2.05, 4.69) is 11.4 Å². The highest BCUT2D eigenvalue weighted by Crippen LogP contribution is 2.22. The molecule has 7 heteroatoms. The summed E-state index contributed by atoms with van der Waals surface area (Å²) in [5.41, 5.74) is 1.62. The van der Waals surface area contributed by atoms with E-state index in [1.54, 1.807) is 22.5 Å². The third-order valence-corrected chi connectivity index (χ3v) is 5.83. The minimum absolute atomic E-state index is 0.0480. The fourth-order valence-corrected chi connectivity index (χ4v) is 4.36. The van der Waals surface area contributed by atoms with Crippen LogP contribution in [0, 0.1) is 0 Å². The van der Waals surface area contributed by atoms with Crippen molar-refractivity contribution in [1.29, 1.82) is 0 Å². The van der Waals surface area contributed by atoms with Gasteiger partial charge in [0, 0.05) is 24.3 Å². The molecule has 150 valence electrons. The number of rotatable bonds is 8. The van der Waals surface area contributed by atoms with Crippen molar-refractivity contribution in [2.24, 2.45) is 0 Å². The number of nitrogens with one attached hydrogen (secondary N) is 2. The third-order valence-electron chi connectivity index (χ3n) is 4.96. The van der Waals surface area contributed by atoms with Gasteiger partial charge < -0.3 is 19.5 Å². The Bertz CT molecular complexity index is 900. The first-order valence-corrected chi connectivity index (χ1v) is 10.6. The van der Waals surface area contributed by atoms with Gasteiger partial charge in [0.15, 0.2) is 12.3 Å². The zero-order valence-corrected chi connectivity index (χ0v) is 16.9. The lowest BCUT2D eigenvalue weighted by Gasteiger charge is -2.18. The zero-order valence-electron chi connectivity index (χ0n) is 16.1. The SMILES string of the molecule is O=C(C[NH+](Cc1ccco1)Cc1cccs1)Nc1ccc(N2CCCC2=O)cc1.